The molecule has 0 amide bonds. The molecule has 0 saturated heterocycles. The standard InChI is InChI=1S/C10H21NO3/c1-2-5-10(13)11-6-3-8-14-9-4-7-12/h2,10-13H,1,3-9H2. The normalized spacial score (nSPS) is 12.7. The first-order valence-electron chi connectivity index (χ1n) is 5.02. The summed E-state index contributed by atoms with van der Waals surface area (Å²) in [5.74, 6) is 0. The molecule has 1 atom stereocenters. The van der Waals surface area contributed by atoms with Crippen LogP contribution in [0.3, 0.4) is 0 Å². The number of rotatable bonds is 10. The molecule has 0 rings (SSSR count). The summed E-state index contributed by atoms with van der Waals surface area (Å²) in [6, 6.07) is 0. The number of aliphatic hydroxyl groups is 2. The van der Waals surface area contributed by atoms with E-state index in [1.165, 1.54) is 0 Å². The monoisotopic (exact) mass is 203 g/mol. The van der Waals surface area contributed by atoms with E-state index in [2.05, 4.69) is 11.9 Å². The van der Waals surface area contributed by atoms with Gasteiger partial charge in [0.2, 0.25) is 0 Å². The molecular formula is C10H21NO3. The minimum absolute atomic E-state index is 0.177. The van der Waals surface area contributed by atoms with Gasteiger partial charge in [-0.05, 0) is 19.4 Å². The van der Waals surface area contributed by atoms with Gasteiger partial charge in [-0.15, -0.1) is 6.58 Å². The lowest BCUT2D eigenvalue weighted by Gasteiger charge is -2.10. The number of hydrogen-bond acceptors (Lipinski definition) is 4. The first kappa shape index (κ1) is 13.6. The Morgan fingerprint density at radius 3 is 2.71 bits per heavy atom. The molecule has 0 fully saturated rings. The highest BCUT2D eigenvalue weighted by molar-refractivity contribution is 4.70. The summed E-state index contributed by atoms with van der Waals surface area (Å²) < 4.78 is 5.21. The minimum atomic E-state index is -0.495. The Balaban J connectivity index is 3.01. The third-order valence-corrected chi connectivity index (χ3v) is 1.68. The molecular weight excluding hydrogens is 182 g/mol. The summed E-state index contributed by atoms with van der Waals surface area (Å²) in [4.78, 5) is 0. The van der Waals surface area contributed by atoms with Gasteiger partial charge in [0, 0.05) is 26.2 Å². The van der Waals surface area contributed by atoms with Gasteiger partial charge in [0.1, 0.15) is 6.23 Å². The van der Waals surface area contributed by atoms with Gasteiger partial charge in [-0.25, -0.2) is 0 Å². The van der Waals surface area contributed by atoms with E-state index in [0.717, 1.165) is 13.0 Å². The molecule has 1 unspecified atom stereocenters. The molecule has 4 nitrogen and oxygen atoms in total. The van der Waals surface area contributed by atoms with Gasteiger partial charge in [0.15, 0.2) is 0 Å². The summed E-state index contributed by atoms with van der Waals surface area (Å²) in [5, 5.41) is 20.6. The van der Waals surface area contributed by atoms with Gasteiger partial charge in [-0.2, -0.15) is 0 Å². The van der Waals surface area contributed by atoms with Crippen LogP contribution in [0.15, 0.2) is 12.7 Å². The topological polar surface area (TPSA) is 61.7 Å². The zero-order chi connectivity index (χ0) is 10.6. The van der Waals surface area contributed by atoms with Crippen LogP contribution in [-0.4, -0.2) is 42.8 Å². The van der Waals surface area contributed by atoms with Crippen molar-refractivity contribution in [3.05, 3.63) is 12.7 Å². The lowest BCUT2D eigenvalue weighted by Crippen LogP contribution is -2.29. The molecule has 0 aliphatic rings. The van der Waals surface area contributed by atoms with E-state index in [4.69, 9.17) is 9.84 Å². The third-order valence-electron chi connectivity index (χ3n) is 1.68. The first-order valence-corrected chi connectivity index (χ1v) is 5.02. The zero-order valence-electron chi connectivity index (χ0n) is 8.61. The fourth-order valence-corrected chi connectivity index (χ4v) is 0.953. The number of hydrogen-bond donors (Lipinski definition) is 3. The molecule has 3 N–H and O–H groups in total. The summed E-state index contributed by atoms with van der Waals surface area (Å²) in [6.07, 6.45) is 3.29. The van der Waals surface area contributed by atoms with Gasteiger partial charge < -0.3 is 14.9 Å². The van der Waals surface area contributed by atoms with E-state index in [0.29, 0.717) is 26.1 Å². The average molecular weight is 203 g/mol. The lowest BCUT2D eigenvalue weighted by molar-refractivity contribution is 0.104. The van der Waals surface area contributed by atoms with Crippen molar-refractivity contribution >= 4 is 0 Å². The summed E-state index contributed by atoms with van der Waals surface area (Å²) in [7, 11) is 0. The Morgan fingerprint density at radius 2 is 2.07 bits per heavy atom. The second-order valence-electron chi connectivity index (χ2n) is 3.04. The van der Waals surface area contributed by atoms with Crippen molar-refractivity contribution in [2.24, 2.45) is 0 Å². The van der Waals surface area contributed by atoms with E-state index >= 15 is 0 Å². The van der Waals surface area contributed by atoms with Gasteiger partial charge in [-0.3, -0.25) is 5.32 Å². The van der Waals surface area contributed by atoms with Crippen molar-refractivity contribution < 1.29 is 14.9 Å². The van der Waals surface area contributed by atoms with Gasteiger partial charge >= 0.3 is 0 Å². The van der Waals surface area contributed by atoms with E-state index in [1.54, 1.807) is 6.08 Å². The highest BCUT2D eigenvalue weighted by Crippen LogP contribution is 1.89. The molecule has 4 heteroatoms. The maximum Gasteiger partial charge on any atom is 0.108 e. The Labute approximate surface area is 85.6 Å². The van der Waals surface area contributed by atoms with Crippen LogP contribution in [-0.2, 0) is 4.74 Å². The Hall–Kier alpha value is -0.420. The molecule has 0 aliphatic heterocycles. The predicted octanol–water partition coefficient (Wildman–Crippen LogP) is 0.260. The van der Waals surface area contributed by atoms with Crippen LogP contribution in [0.1, 0.15) is 19.3 Å². The third kappa shape index (κ3) is 9.67. The van der Waals surface area contributed by atoms with Crippen LogP contribution < -0.4 is 5.32 Å². The molecule has 0 saturated carbocycles. The second-order valence-corrected chi connectivity index (χ2v) is 3.04. The smallest absolute Gasteiger partial charge is 0.108 e. The molecule has 0 aliphatic carbocycles. The number of nitrogens with one attached hydrogen (secondary N) is 1. The second kappa shape index (κ2) is 10.7. The maximum absolute atomic E-state index is 9.23. The molecule has 0 spiro atoms. The molecule has 0 bridgehead atoms. The van der Waals surface area contributed by atoms with Crippen LogP contribution in [0, 0.1) is 0 Å². The van der Waals surface area contributed by atoms with Crippen molar-refractivity contribution in [2.75, 3.05) is 26.4 Å². The first-order chi connectivity index (χ1) is 6.81. The molecule has 0 aromatic carbocycles. The molecule has 0 radical (unpaired) electrons. The minimum Gasteiger partial charge on any atom is -0.396 e. The average Bonchev–Trinajstić information content (AvgIpc) is 2.17. The van der Waals surface area contributed by atoms with Crippen LogP contribution >= 0.6 is 0 Å². The SMILES string of the molecule is C=CCC(O)NCCCOCCCO. The van der Waals surface area contributed by atoms with Gasteiger partial charge in [0.25, 0.3) is 0 Å². The summed E-state index contributed by atoms with van der Waals surface area (Å²) in [5.41, 5.74) is 0. The fraction of sp³-hybridized carbons (Fsp3) is 0.800. The highest BCUT2D eigenvalue weighted by Gasteiger charge is 1.98. The van der Waals surface area contributed by atoms with Crippen molar-refractivity contribution in [1.82, 2.24) is 5.32 Å². The quantitative estimate of drug-likeness (QED) is 0.271. The molecule has 0 aromatic heterocycles. The number of ether oxygens (including phenoxy) is 1. The Kier molecular flexibility index (Phi) is 10.3. The highest BCUT2D eigenvalue weighted by atomic mass is 16.5. The number of aliphatic hydroxyl groups excluding tert-OH is 2. The largest absolute Gasteiger partial charge is 0.396 e. The Morgan fingerprint density at radius 1 is 1.36 bits per heavy atom. The molecule has 0 heterocycles. The van der Waals surface area contributed by atoms with Crippen LogP contribution in [0.25, 0.3) is 0 Å². The van der Waals surface area contributed by atoms with E-state index in [1.807, 2.05) is 0 Å². The molecule has 14 heavy (non-hydrogen) atoms. The van der Waals surface area contributed by atoms with Crippen LogP contribution in [0.4, 0.5) is 0 Å². The summed E-state index contributed by atoms with van der Waals surface area (Å²) >= 11 is 0. The van der Waals surface area contributed by atoms with Gasteiger partial charge in [-0.1, -0.05) is 6.08 Å². The van der Waals surface area contributed by atoms with Crippen LogP contribution in [0.2, 0.25) is 0 Å². The van der Waals surface area contributed by atoms with Crippen molar-refractivity contribution in [3.63, 3.8) is 0 Å². The molecule has 0 aromatic rings. The summed E-state index contributed by atoms with van der Waals surface area (Å²) in [6.45, 7) is 5.70. The van der Waals surface area contributed by atoms with E-state index in [-0.39, 0.29) is 6.61 Å². The van der Waals surface area contributed by atoms with Crippen molar-refractivity contribution in [3.8, 4) is 0 Å². The van der Waals surface area contributed by atoms with E-state index in [9.17, 15) is 5.11 Å². The molecule has 84 valence electrons. The van der Waals surface area contributed by atoms with Gasteiger partial charge in [0.05, 0.1) is 0 Å². The zero-order valence-corrected chi connectivity index (χ0v) is 8.61. The van der Waals surface area contributed by atoms with Crippen molar-refractivity contribution in [2.45, 2.75) is 25.5 Å². The van der Waals surface area contributed by atoms with Crippen LogP contribution in [0.5, 0.6) is 0 Å². The van der Waals surface area contributed by atoms with E-state index < -0.39 is 6.23 Å². The lowest BCUT2D eigenvalue weighted by atomic mass is 10.3. The predicted molar refractivity (Wildman–Crippen MR) is 56.0 cm³/mol. The van der Waals surface area contributed by atoms with Crippen molar-refractivity contribution in [1.29, 1.82) is 0 Å². The Bertz CT molecular complexity index is 131. The fourth-order valence-electron chi connectivity index (χ4n) is 0.953. The maximum atomic E-state index is 9.23.